The van der Waals surface area contributed by atoms with Gasteiger partial charge in [0.25, 0.3) is 11.1 Å². The van der Waals surface area contributed by atoms with Crippen LogP contribution in [0.15, 0.2) is 60.0 Å². The lowest BCUT2D eigenvalue weighted by Gasteiger charge is -2.28. The van der Waals surface area contributed by atoms with E-state index in [2.05, 4.69) is 6.58 Å². The summed E-state index contributed by atoms with van der Waals surface area (Å²) in [5.74, 6) is 0.359. The SMILES string of the molecule is C=CCc1cc(/C=C2\SC(=O)N(CC(=O)N3CCOCC3)C2=O)cc(OC)c1OCc1ccccc1. The second-order valence-electron chi connectivity index (χ2n) is 8.24. The number of rotatable bonds is 9. The Morgan fingerprint density at radius 1 is 1.17 bits per heavy atom. The molecule has 0 bridgehead atoms. The Hall–Kier alpha value is -3.56. The molecule has 0 atom stereocenters. The summed E-state index contributed by atoms with van der Waals surface area (Å²) in [4.78, 5) is 40.9. The molecule has 2 fully saturated rings. The first kappa shape index (κ1) is 25.5. The predicted molar refractivity (Wildman–Crippen MR) is 138 cm³/mol. The van der Waals surface area contributed by atoms with Crippen LogP contribution in [-0.2, 0) is 27.4 Å². The maximum absolute atomic E-state index is 13.0. The zero-order valence-electron chi connectivity index (χ0n) is 20.1. The number of hydrogen-bond acceptors (Lipinski definition) is 7. The molecule has 9 heteroatoms. The van der Waals surface area contributed by atoms with E-state index in [1.165, 1.54) is 0 Å². The molecule has 2 aromatic carbocycles. The van der Waals surface area contributed by atoms with E-state index in [4.69, 9.17) is 14.2 Å². The number of benzene rings is 2. The summed E-state index contributed by atoms with van der Waals surface area (Å²) < 4.78 is 17.0. The van der Waals surface area contributed by atoms with E-state index in [-0.39, 0.29) is 17.4 Å². The molecule has 2 aliphatic heterocycles. The third kappa shape index (κ3) is 5.98. The highest BCUT2D eigenvalue weighted by Gasteiger charge is 2.37. The maximum Gasteiger partial charge on any atom is 0.294 e. The van der Waals surface area contributed by atoms with Gasteiger partial charge in [-0.2, -0.15) is 0 Å². The lowest BCUT2D eigenvalue weighted by Crippen LogP contribution is -2.46. The average molecular weight is 509 g/mol. The van der Waals surface area contributed by atoms with Crippen LogP contribution in [0.3, 0.4) is 0 Å². The lowest BCUT2D eigenvalue weighted by atomic mass is 10.0. The van der Waals surface area contributed by atoms with Crippen LogP contribution < -0.4 is 9.47 Å². The van der Waals surface area contributed by atoms with Crippen LogP contribution in [0.1, 0.15) is 16.7 Å². The van der Waals surface area contributed by atoms with Gasteiger partial charge in [0.05, 0.1) is 25.2 Å². The van der Waals surface area contributed by atoms with Crippen molar-refractivity contribution in [2.45, 2.75) is 13.0 Å². The third-order valence-corrected chi connectivity index (χ3v) is 6.70. The lowest BCUT2D eigenvalue weighted by molar-refractivity contribution is -0.139. The molecule has 0 aromatic heterocycles. The second kappa shape index (κ2) is 11.9. The molecule has 0 aliphatic carbocycles. The summed E-state index contributed by atoms with van der Waals surface area (Å²) >= 11 is 0.821. The molecular formula is C27H28N2O6S. The van der Waals surface area contributed by atoms with Gasteiger partial charge in [-0.1, -0.05) is 36.4 Å². The molecule has 0 radical (unpaired) electrons. The van der Waals surface area contributed by atoms with Crippen molar-refractivity contribution in [2.75, 3.05) is 40.0 Å². The molecule has 2 aromatic rings. The number of allylic oxidation sites excluding steroid dienone is 1. The van der Waals surface area contributed by atoms with Gasteiger partial charge < -0.3 is 19.1 Å². The standard InChI is InChI=1S/C27H28N2O6S/c1-3-7-21-14-20(15-22(33-2)25(21)35-18-19-8-5-4-6-9-19)16-23-26(31)29(27(32)36-23)17-24(30)28-10-12-34-13-11-28/h3-6,8-9,14-16H,1,7,10-13,17-18H2,2H3/b23-16-. The van der Waals surface area contributed by atoms with Gasteiger partial charge >= 0.3 is 0 Å². The van der Waals surface area contributed by atoms with Crippen LogP contribution in [0.25, 0.3) is 6.08 Å². The van der Waals surface area contributed by atoms with E-state index >= 15 is 0 Å². The van der Waals surface area contributed by atoms with Crippen LogP contribution in [0.5, 0.6) is 11.5 Å². The van der Waals surface area contributed by atoms with Crippen LogP contribution in [0.2, 0.25) is 0 Å². The minimum absolute atomic E-state index is 0.249. The summed E-state index contributed by atoms with van der Waals surface area (Å²) in [6.07, 6.45) is 3.93. The number of nitrogens with zero attached hydrogens (tertiary/aromatic N) is 2. The Kier molecular flexibility index (Phi) is 8.45. The number of morpholine rings is 1. The number of carbonyl (C=O) groups excluding carboxylic acids is 3. The molecule has 0 N–H and O–H groups in total. The summed E-state index contributed by atoms with van der Waals surface area (Å²) in [6.45, 7) is 5.74. The molecule has 2 aliphatic rings. The Morgan fingerprint density at radius 2 is 1.92 bits per heavy atom. The number of carbonyl (C=O) groups is 3. The van der Waals surface area contributed by atoms with Crippen LogP contribution in [0.4, 0.5) is 4.79 Å². The predicted octanol–water partition coefficient (Wildman–Crippen LogP) is 3.90. The molecule has 3 amide bonds. The highest BCUT2D eigenvalue weighted by atomic mass is 32.2. The van der Waals surface area contributed by atoms with Gasteiger partial charge in [0.2, 0.25) is 5.91 Å². The van der Waals surface area contributed by atoms with Gasteiger partial charge in [0, 0.05) is 18.7 Å². The molecule has 2 heterocycles. The summed E-state index contributed by atoms with van der Waals surface area (Å²) in [5.41, 5.74) is 2.54. The number of methoxy groups -OCH3 is 1. The van der Waals surface area contributed by atoms with E-state index < -0.39 is 11.1 Å². The van der Waals surface area contributed by atoms with E-state index in [0.29, 0.717) is 56.4 Å². The Morgan fingerprint density at radius 3 is 2.61 bits per heavy atom. The third-order valence-electron chi connectivity index (χ3n) is 5.79. The fraction of sp³-hybridized carbons (Fsp3) is 0.296. The Labute approximate surface area is 214 Å². The molecule has 188 valence electrons. The van der Waals surface area contributed by atoms with Gasteiger partial charge in [-0.05, 0) is 47.5 Å². The fourth-order valence-electron chi connectivity index (χ4n) is 3.95. The molecule has 0 saturated carbocycles. The van der Waals surface area contributed by atoms with E-state index in [1.807, 2.05) is 36.4 Å². The first-order valence-corrected chi connectivity index (χ1v) is 12.4. The van der Waals surface area contributed by atoms with Crippen molar-refractivity contribution in [3.05, 3.63) is 76.7 Å². The molecular weight excluding hydrogens is 480 g/mol. The van der Waals surface area contributed by atoms with Gasteiger partial charge in [-0.3, -0.25) is 19.3 Å². The van der Waals surface area contributed by atoms with Crippen LogP contribution >= 0.6 is 11.8 Å². The summed E-state index contributed by atoms with van der Waals surface area (Å²) in [5, 5.41) is -0.464. The minimum atomic E-state index is -0.486. The quantitative estimate of drug-likeness (QED) is 0.375. The molecule has 0 unspecified atom stereocenters. The second-order valence-corrected chi connectivity index (χ2v) is 9.23. The van der Waals surface area contributed by atoms with Crippen molar-refractivity contribution in [1.82, 2.24) is 9.80 Å². The number of hydrogen-bond donors (Lipinski definition) is 0. The van der Waals surface area contributed by atoms with E-state index in [1.54, 1.807) is 30.2 Å². The minimum Gasteiger partial charge on any atom is -0.493 e. The molecule has 36 heavy (non-hydrogen) atoms. The normalized spacial score (nSPS) is 17.0. The largest absolute Gasteiger partial charge is 0.493 e. The highest BCUT2D eigenvalue weighted by molar-refractivity contribution is 8.18. The molecule has 0 spiro atoms. The number of imide groups is 1. The van der Waals surface area contributed by atoms with Crippen molar-refractivity contribution >= 4 is 34.9 Å². The molecule has 4 rings (SSSR count). The zero-order valence-corrected chi connectivity index (χ0v) is 20.9. The first-order valence-electron chi connectivity index (χ1n) is 11.6. The van der Waals surface area contributed by atoms with Gasteiger partial charge in [-0.15, -0.1) is 6.58 Å². The topological polar surface area (TPSA) is 85.4 Å². The van der Waals surface area contributed by atoms with Crippen molar-refractivity contribution in [3.63, 3.8) is 0 Å². The van der Waals surface area contributed by atoms with Crippen LogP contribution in [0, 0.1) is 0 Å². The van der Waals surface area contributed by atoms with Gasteiger partial charge in [0.1, 0.15) is 13.2 Å². The van der Waals surface area contributed by atoms with Crippen molar-refractivity contribution < 1.29 is 28.6 Å². The van der Waals surface area contributed by atoms with Crippen molar-refractivity contribution in [2.24, 2.45) is 0 Å². The van der Waals surface area contributed by atoms with Crippen molar-refractivity contribution in [1.29, 1.82) is 0 Å². The van der Waals surface area contributed by atoms with Gasteiger partial charge in [0.15, 0.2) is 11.5 Å². The van der Waals surface area contributed by atoms with E-state index in [0.717, 1.165) is 27.8 Å². The zero-order chi connectivity index (χ0) is 25.5. The maximum atomic E-state index is 13.0. The van der Waals surface area contributed by atoms with Gasteiger partial charge in [-0.25, -0.2) is 0 Å². The Balaban J connectivity index is 1.54. The first-order chi connectivity index (χ1) is 17.5. The molecule has 2 saturated heterocycles. The van der Waals surface area contributed by atoms with Crippen molar-refractivity contribution in [3.8, 4) is 11.5 Å². The fourth-order valence-corrected chi connectivity index (χ4v) is 4.79. The molecule has 8 nitrogen and oxygen atoms in total. The average Bonchev–Trinajstić information content (AvgIpc) is 3.16. The van der Waals surface area contributed by atoms with Crippen LogP contribution in [-0.4, -0.2) is 66.8 Å². The number of amides is 3. The number of thioether (sulfide) groups is 1. The highest BCUT2D eigenvalue weighted by Crippen LogP contribution is 2.37. The number of ether oxygens (including phenoxy) is 3. The Bertz CT molecular complexity index is 1170. The summed E-state index contributed by atoms with van der Waals surface area (Å²) in [7, 11) is 1.55. The summed E-state index contributed by atoms with van der Waals surface area (Å²) in [6, 6.07) is 13.5. The smallest absolute Gasteiger partial charge is 0.294 e. The van der Waals surface area contributed by atoms with E-state index in [9.17, 15) is 14.4 Å². The monoisotopic (exact) mass is 508 g/mol.